The Morgan fingerprint density at radius 2 is 2.14 bits per heavy atom. The molecule has 0 bridgehead atoms. The summed E-state index contributed by atoms with van der Waals surface area (Å²) >= 11 is 5.17. The van der Waals surface area contributed by atoms with E-state index in [1.807, 2.05) is 32.2 Å². The number of Topliss-reactive ketones (excluding diaryl/α,β-unsaturated/α-hetero) is 1. The lowest BCUT2D eigenvalue weighted by atomic mass is 9.88. The van der Waals surface area contributed by atoms with Gasteiger partial charge in [-0.05, 0) is 33.8 Å². The van der Waals surface area contributed by atoms with Gasteiger partial charge in [-0.15, -0.1) is 11.3 Å². The van der Waals surface area contributed by atoms with Crippen molar-refractivity contribution in [3.05, 3.63) is 20.8 Å². The first-order valence-corrected chi connectivity index (χ1v) is 6.33. The first kappa shape index (κ1) is 11.9. The Balaban J connectivity index is 2.50. The second kappa shape index (κ2) is 4.58. The minimum atomic E-state index is -0.205. The maximum Gasteiger partial charge on any atom is 0.138 e. The Labute approximate surface area is 97.7 Å². The number of carbonyl (C=O) groups is 1. The van der Waals surface area contributed by atoms with Crippen LogP contribution in [-0.4, -0.2) is 5.78 Å². The number of hydrogen-bond donors (Lipinski definition) is 0. The van der Waals surface area contributed by atoms with Crippen LogP contribution >= 0.6 is 27.3 Å². The summed E-state index contributed by atoms with van der Waals surface area (Å²) in [5.41, 5.74) is -0.205. The summed E-state index contributed by atoms with van der Waals surface area (Å²) in [4.78, 5) is 12.9. The van der Waals surface area contributed by atoms with Gasteiger partial charge in [0.1, 0.15) is 5.78 Å². The smallest absolute Gasteiger partial charge is 0.138 e. The topological polar surface area (TPSA) is 17.1 Å². The fourth-order valence-electron chi connectivity index (χ4n) is 1.11. The molecule has 0 spiro atoms. The maximum absolute atomic E-state index is 11.7. The zero-order chi connectivity index (χ0) is 10.8. The number of ketones is 1. The molecule has 0 unspecified atom stereocenters. The van der Waals surface area contributed by atoms with E-state index in [2.05, 4.69) is 15.9 Å². The van der Waals surface area contributed by atoms with Gasteiger partial charge in [0.05, 0.1) is 0 Å². The molecule has 1 aromatic rings. The van der Waals surface area contributed by atoms with Crippen molar-refractivity contribution in [2.75, 3.05) is 0 Å². The van der Waals surface area contributed by atoms with Gasteiger partial charge in [0, 0.05) is 21.2 Å². The largest absolute Gasteiger partial charge is 0.299 e. The van der Waals surface area contributed by atoms with E-state index in [1.165, 1.54) is 4.88 Å². The lowest BCUT2D eigenvalue weighted by molar-refractivity contribution is -0.126. The molecule has 0 aliphatic rings. The predicted molar refractivity (Wildman–Crippen MR) is 64.8 cm³/mol. The van der Waals surface area contributed by atoms with Crippen molar-refractivity contribution in [3.63, 3.8) is 0 Å². The summed E-state index contributed by atoms with van der Waals surface area (Å²) in [6, 6.07) is 2.03. The lowest BCUT2D eigenvalue weighted by Crippen LogP contribution is -2.20. The van der Waals surface area contributed by atoms with Gasteiger partial charge >= 0.3 is 0 Å². The van der Waals surface area contributed by atoms with E-state index < -0.39 is 0 Å². The molecular formula is C11H15BrOS. The summed E-state index contributed by atoms with van der Waals surface area (Å²) in [6.07, 6.45) is 1.50. The van der Waals surface area contributed by atoms with Gasteiger partial charge in [0.2, 0.25) is 0 Å². The Kier molecular flexibility index (Phi) is 3.90. The molecule has 1 aromatic heterocycles. The highest BCUT2D eigenvalue weighted by Gasteiger charge is 2.20. The van der Waals surface area contributed by atoms with Gasteiger partial charge in [-0.1, -0.05) is 20.8 Å². The Morgan fingerprint density at radius 1 is 1.50 bits per heavy atom. The minimum Gasteiger partial charge on any atom is -0.299 e. The van der Waals surface area contributed by atoms with E-state index in [9.17, 15) is 4.79 Å². The Hall–Kier alpha value is -0.150. The minimum absolute atomic E-state index is 0.205. The molecule has 0 saturated carbocycles. The van der Waals surface area contributed by atoms with Crippen molar-refractivity contribution in [2.45, 2.75) is 33.6 Å². The first-order chi connectivity index (χ1) is 6.41. The van der Waals surface area contributed by atoms with Gasteiger partial charge in [0.25, 0.3) is 0 Å². The molecule has 0 atom stereocenters. The normalized spacial score (nSPS) is 11.7. The number of aryl methyl sites for hydroxylation is 1. The lowest BCUT2D eigenvalue weighted by Gasteiger charge is -2.15. The van der Waals surface area contributed by atoms with Gasteiger partial charge in [-0.25, -0.2) is 0 Å². The van der Waals surface area contributed by atoms with E-state index in [0.29, 0.717) is 12.2 Å². The van der Waals surface area contributed by atoms with Gasteiger partial charge in [0.15, 0.2) is 0 Å². The van der Waals surface area contributed by atoms with Crippen LogP contribution in [0.25, 0.3) is 0 Å². The number of hydrogen-bond acceptors (Lipinski definition) is 2. The second-order valence-electron chi connectivity index (χ2n) is 4.36. The van der Waals surface area contributed by atoms with Crippen LogP contribution in [0.1, 0.15) is 32.1 Å². The number of rotatable bonds is 3. The first-order valence-electron chi connectivity index (χ1n) is 4.66. The fourth-order valence-corrected chi connectivity index (χ4v) is 2.66. The quantitative estimate of drug-likeness (QED) is 0.813. The molecule has 0 N–H and O–H groups in total. The average Bonchev–Trinajstić information content (AvgIpc) is 2.45. The number of thiophene rings is 1. The van der Waals surface area contributed by atoms with Crippen molar-refractivity contribution < 1.29 is 4.79 Å². The van der Waals surface area contributed by atoms with Crippen LogP contribution in [0.2, 0.25) is 0 Å². The highest BCUT2D eigenvalue weighted by atomic mass is 79.9. The molecule has 0 fully saturated rings. The molecule has 0 saturated heterocycles. The molecule has 0 amide bonds. The highest BCUT2D eigenvalue weighted by Crippen LogP contribution is 2.25. The fraction of sp³-hybridized carbons (Fsp3) is 0.545. The van der Waals surface area contributed by atoms with Crippen molar-refractivity contribution >= 4 is 33.0 Å². The van der Waals surface area contributed by atoms with Gasteiger partial charge in [-0.2, -0.15) is 0 Å². The molecule has 1 rings (SSSR count). The Bertz CT molecular complexity index is 322. The van der Waals surface area contributed by atoms with Crippen molar-refractivity contribution in [3.8, 4) is 0 Å². The monoisotopic (exact) mass is 274 g/mol. The van der Waals surface area contributed by atoms with Crippen LogP contribution in [0.5, 0.6) is 0 Å². The molecular weight excluding hydrogens is 260 g/mol. The molecule has 3 heteroatoms. The summed E-state index contributed by atoms with van der Waals surface area (Å²) in [5, 5.41) is 2.04. The van der Waals surface area contributed by atoms with Crippen LogP contribution in [-0.2, 0) is 11.2 Å². The van der Waals surface area contributed by atoms with Crippen LogP contribution in [0.4, 0.5) is 0 Å². The van der Waals surface area contributed by atoms with E-state index in [-0.39, 0.29) is 5.41 Å². The third kappa shape index (κ3) is 3.21. The van der Waals surface area contributed by atoms with E-state index in [1.54, 1.807) is 11.3 Å². The molecule has 0 aromatic carbocycles. The predicted octanol–water partition coefficient (Wildman–Crippen LogP) is 4.06. The number of halogens is 1. The molecule has 0 aliphatic carbocycles. The third-order valence-electron chi connectivity index (χ3n) is 2.11. The van der Waals surface area contributed by atoms with E-state index in [0.717, 1.165) is 10.9 Å². The summed E-state index contributed by atoms with van der Waals surface area (Å²) in [7, 11) is 0. The summed E-state index contributed by atoms with van der Waals surface area (Å²) < 4.78 is 1.13. The average molecular weight is 275 g/mol. The van der Waals surface area contributed by atoms with Gasteiger partial charge in [-0.3, -0.25) is 4.79 Å². The zero-order valence-corrected chi connectivity index (χ0v) is 11.2. The van der Waals surface area contributed by atoms with Crippen LogP contribution in [0.15, 0.2) is 15.9 Å². The van der Waals surface area contributed by atoms with Gasteiger partial charge < -0.3 is 0 Å². The molecule has 1 heterocycles. The second-order valence-corrected chi connectivity index (χ2v) is 6.22. The number of carbonyl (C=O) groups excluding carboxylic acids is 1. The summed E-state index contributed by atoms with van der Waals surface area (Å²) in [5.74, 6) is 0.331. The molecule has 14 heavy (non-hydrogen) atoms. The molecule has 0 radical (unpaired) electrons. The van der Waals surface area contributed by atoms with E-state index in [4.69, 9.17) is 0 Å². The molecule has 78 valence electrons. The summed E-state index contributed by atoms with van der Waals surface area (Å²) in [6.45, 7) is 5.91. The molecule has 1 nitrogen and oxygen atoms in total. The highest BCUT2D eigenvalue weighted by molar-refractivity contribution is 9.10. The van der Waals surface area contributed by atoms with Crippen molar-refractivity contribution in [2.24, 2.45) is 5.41 Å². The van der Waals surface area contributed by atoms with Crippen LogP contribution < -0.4 is 0 Å². The molecule has 0 aliphatic heterocycles. The van der Waals surface area contributed by atoms with Crippen LogP contribution in [0.3, 0.4) is 0 Å². The van der Waals surface area contributed by atoms with E-state index >= 15 is 0 Å². The standard InChI is InChI=1S/C11H15BrOS/c1-11(2,3)10(13)5-4-9-8(12)6-7-14-9/h6-7H,4-5H2,1-3H3. The zero-order valence-electron chi connectivity index (χ0n) is 8.76. The van der Waals surface area contributed by atoms with Crippen LogP contribution in [0, 0.1) is 5.41 Å². The third-order valence-corrected chi connectivity index (χ3v) is 4.09. The van der Waals surface area contributed by atoms with Crippen molar-refractivity contribution in [1.29, 1.82) is 0 Å². The maximum atomic E-state index is 11.7. The Morgan fingerprint density at radius 3 is 2.57 bits per heavy atom. The van der Waals surface area contributed by atoms with Crippen molar-refractivity contribution in [1.82, 2.24) is 0 Å². The SMILES string of the molecule is CC(C)(C)C(=O)CCc1sccc1Br.